The molecule has 2 aromatic rings. The largest absolute Gasteiger partial charge is 0.237 e. The molecular formula is C10H10ClN3. The van der Waals surface area contributed by atoms with Gasteiger partial charge in [0.25, 0.3) is 0 Å². The van der Waals surface area contributed by atoms with E-state index in [1.165, 1.54) is 0 Å². The van der Waals surface area contributed by atoms with Crippen molar-refractivity contribution < 1.29 is 0 Å². The number of aryl methyl sites for hydroxylation is 2. The van der Waals surface area contributed by atoms with Gasteiger partial charge in [-0.3, -0.25) is 0 Å². The average molecular weight is 208 g/mol. The summed E-state index contributed by atoms with van der Waals surface area (Å²) in [7, 11) is 0. The quantitative estimate of drug-likeness (QED) is 0.720. The maximum atomic E-state index is 5.92. The minimum absolute atomic E-state index is 0.662. The van der Waals surface area contributed by atoms with Gasteiger partial charge in [-0.25, -0.2) is 9.67 Å². The van der Waals surface area contributed by atoms with Crippen LogP contribution in [0.3, 0.4) is 0 Å². The Morgan fingerprint density at radius 1 is 1.36 bits per heavy atom. The van der Waals surface area contributed by atoms with Crippen LogP contribution in [0.2, 0.25) is 5.02 Å². The fraction of sp³-hybridized carbons (Fsp3) is 0.200. The number of aromatic nitrogens is 3. The van der Waals surface area contributed by atoms with Gasteiger partial charge in [-0.2, -0.15) is 5.10 Å². The number of halogens is 1. The minimum atomic E-state index is 0.662. The van der Waals surface area contributed by atoms with Crippen molar-refractivity contribution in [2.24, 2.45) is 0 Å². The second kappa shape index (κ2) is 3.42. The monoisotopic (exact) mass is 207 g/mol. The van der Waals surface area contributed by atoms with Gasteiger partial charge in [-0.05, 0) is 25.5 Å². The van der Waals surface area contributed by atoms with Crippen molar-refractivity contribution in [3.8, 4) is 5.82 Å². The Kier molecular flexibility index (Phi) is 2.25. The van der Waals surface area contributed by atoms with E-state index < -0.39 is 0 Å². The highest BCUT2D eigenvalue weighted by Crippen LogP contribution is 2.16. The Balaban J connectivity index is 2.55. The SMILES string of the molecule is Cc1cccnc1-n1cc(Cl)c(C)n1. The molecule has 0 aliphatic heterocycles. The zero-order valence-electron chi connectivity index (χ0n) is 8.03. The van der Waals surface area contributed by atoms with Gasteiger partial charge in [-0.1, -0.05) is 17.7 Å². The summed E-state index contributed by atoms with van der Waals surface area (Å²) in [6, 6.07) is 3.89. The summed E-state index contributed by atoms with van der Waals surface area (Å²) >= 11 is 5.92. The fourth-order valence-corrected chi connectivity index (χ4v) is 1.39. The van der Waals surface area contributed by atoms with Crippen molar-refractivity contribution >= 4 is 11.6 Å². The molecule has 0 atom stereocenters. The first-order valence-electron chi connectivity index (χ1n) is 4.32. The molecule has 4 heteroatoms. The molecule has 0 saturated carbocycles. The van der Waals surface area contributed by atoms with Crippen LogP contribution in [0.5, 0.6) is 0 Å². The number of nitrogens with zero attached hydrogens (tertiary/aromatic N) is 3. The Hall–Kier alpha value is -1.35. The van der Waals surface area contributed by atoms with E-state index in [4.69, 9.17) is 11.6 Å². The third-order valence-corrected chi connectivity index (χ3v) is 2.41. The molecule has 0 N–H and O–H groups in total. The van der Waals surface area contributed by atoms with Gasteiger partial charge in [0.1, 0.15) is 0 Å². The van der Waals surface area contributed by atoms with E-state index in [0.29, 0.717) is 5.02 Å². The lowest BCUT2D eigenvalue weighted by molar-refractivity contribution is 0.824. The average Bonchev–Trinajstić information content (AvgIpc) is 2.48. The van der Waals surface area contributed by atoms with Crippen LogP contribution in [0.4, 0.5) is 0 Å². The molecular weight excluding hydrogens is 198 g/mol. The molecule has 0 aliphatic rings. The number of hydrogen-bond donors (Lipinski definition) is 0. The van der Waals surface area contributed by atoms with Crippen molar-refractivity contribution in [1.82, 2.24) is 14.8 Å². The summed E-state index contributed by atoms with van der Waals surface area (Å²) in [6.45, 7) is 3.87. The molecule has 2 heterocycles. The van der Waals surface area contributed by atoms with E-state index in [1.54, 1.807) is 17.1 Å². The fourth-order valence-electron chi connectivity index (χ4n) is 1.26. The van der Waals surface area contributed by atoms with E-state index in [1.807, 2.05) is 26.0 Å². The molecule has 72 valence electrons. The highest BCUT2D eigenvalue weighted by molar-refractivity contribution is 6.31. The Morgan fingerprint density at radius 3 is 2.71 bits per heavy atom. The van der Waals surface area contributed by atoms with E-state index >= 15 is 0 Å². The molecule has 0 spiro atoms. The van der Waals surface area contributed by atoms with Crippen LogP contribution in [-0.4, -0.2) is 14.8 Å². The van der Waals surface area contributed by atoms with E-state index in [9.17, 15) is 0 Å². The maximum absolute atomic E-state index is 5.92. The van der Waals surface area contributed by atoms with Crippen LogP contribution >= 0.6 is 11.6 Å². The summed E-state index contributed by atoms with van der Waals surface area (Å²) < 4.78 is 1.70. The summed E-state index contributed by atoms with van der Waals surface area (Å²) in [5.41, 5.74) is 1.89. The van der Waals surface area contributed by atoms with Crippen LogP contribution in [-0.2, 0) is 0 Å². The number of pyridine rings is 1. The summed E-state index contributed by atoms with van der Waals surface area (Å²) in [4.78, 5) is 4.24. The first-order chi connectivity index (χ1) is 6.68. The molecule has 0 fully saturated rings. The Labute approximate surface area is 87.3 Å². The van der Waals surface area contributed by atoms with Gasteiger partial charge in [0.2, 0.25) is 0 Å². The lowest BCUT2D eigenvalue weighted by Crippen LogP contribution is -2.00. The van der Waals surface area contributed by atoms with E-state index in [0.717, 1.165) is 17.1 Å². The van der Waals surface area contributed by atoms with Gasteiger partial charge in [0.05, 0.1) is 16.9 Å². The highest BCUT2D eigenvalue weighted by atomic mass is 35.5. The standard InChI is InChI=1S/C10H10ClN3/c1-7-4-3-5-12-10(7)14-6-9(11)8(2)13-14/h3-6H,1-2H3. The molecule has 0 saturated heterocycles. The molecule has 2 rings (SSSR count). The van der Waals surface area contributed by atoms with Gasteiger partial charge in [0, 0.05) is 6.20 Å². The molecule has 0 radical (unpaired) electrons. The molecule has 0 bridgehead atoms. The van der Waals surface area contributed by atoms with Gasteiger partial charge in [0.15, 0.2) is 5.82 Å². The minimum Gasteiger partial charge on any atom is -0.237 e. The van der Waals surface area contributed by atoms with Crippen molar-refractivity contribution in [3.05, 3.63) is 40.8 Å². The van der Waals surface area contributed by atoms with Crippen LogP contribution in [0.25, 0.3) is 5.82 Å². The van der Waals surface area contributed by atoms with E-state index in [2.05, 4.69) is 10.1 Å². The van der Waals surface area contributed by atoms with Crippen molar-refractivity contribution in [2.45, 2.75) is 13.8 Å². The summed E-state index contributed by atoms with van der Waals surface area (Å²) in [5.74, 6) is 0.822. The van der Waals surface area contributed by atoms with Gasteiger partial charge < -0.3 is 0 Å². The second-order valence-corrected chi connectivity index (χ2v) is 3.56. The molecule has 0 unspecified atom stereocenters. The molecule has 2 aromatic heterocycles. The molecule has 0 aromatic carbocycles. The predicted molar refractivity (Wildman–Crippen MR) is 55.8 cm³/mol. The number of hydrogen-bond acceptors (Lipinski definition) is 2. The summed E-state index contributed by atoms with van der Waals surface area (Å²) in [6.07, 6.45) is 3.51. The molecule has 0 aliphatic carbocycles. The van der Waals surface area contributed by atoms with Crippen molar-refractivity contribution in [1.29, 1.82) is 0 Å². The second-order valence-electron chi connectivity index (χ2n) is 3.15. The van der Waals surface area contributed by atoms with Gasteiger partial charge >= 0.3 is 0 Å². The first kappa shape index (κ1) is 9.21. The molecule has 3 nitrogen and oxygen atoms in total. The Bertz CT molecular complexity index is 443. The normalized spacial score (nSPS) is 10.5. The molecule has 14 heavy (non-hydrogen) atoms. The molecule has 0 amide bonds. The van der Waals surface area contributed by atoms with Crippen molar-refractivity contribution in [2.75, 3.05) is 0 Å². The maximum Gasteiger partial charge on any atom is 0.156 e. The zero-order chi connectivity index (χ0) is 10.1. The first-order valence-corrected chi connectivity index (χ1v) is 4.70. The highest BCUT2D eigenvalue weighted by Gasteiger charge is 2.06. The van der Waals surface area contributed by atoms with Crippen LogP contribution < -0.4 is 0 Å². The zero-order valence-corrected chi connectivity index (χ0v) is 8.78. The van der Waals surface area contributed by atoms with Crippen LogP contribution in [0.15, 0.2) is 24.5 Å². The lowest BCUT2D eigenvalue weighted by Gasteiger charge is -2.02. The lowest BCUT2D eigenvalue weighted by atomic mass is 10.3. The third kappa shape index (κ3) is 1.51. The topological polar surface area (TPSA) is 30.7 Å². The predicted octanol–water partition coefficient (Wildman–Crippen LogP) is 2.54. The summed E-state index contributed by atoms with van der Waals surface area (Å²) in [5, 5.41) is 4.93. The van der Waals surface area contributed by atoms with Crippen LogP contribution in [0, 0.1) is 13.8 Å². The van der Waals surface area contributed by atoms with Gasteiger partial charge in [-0.15, -0.1) is 0 Å². The smallest absolute Gasteiger partial charge is 0.156 e. The van der Waals surface area contributed by atoms with Crippen LogP contribution in [0.1, 0.15) is 11.3 Å². The Morgan fingerprint density at radius 2 is 2.14 bits per heavy atom. The number of rotatable bonds is 1. The third-order valence-electron chi connectivity index (χ3n) is 2.04. The van der Waals surface area contributed by atoms with E-state index in [-0.39, 0.29) is 0 Å². The van der Waals surface area contributed by atoms with Crippen molar-refractivity contribution in [3.63, 3.8) is 0 Å².